The van der Waals surface area contributed by atoms with Crippen molar-refractivity contribution in [3.05, 3.63) is 87.0 Å². The Kier molecular flexibility index (Phi) is 7.36. The van der Waals surface area contributed by atoms with Crippen molar-refractivity contribution in [2.75, 3.05) is 16.2 Å². The van der Waals surface area contributed by atoms with E-state index in [1.54, 1.807) is 30.3 Å². The van der Waals surface area contributed by atoms with Crippen LogP contribution in [0.15, 0.2) is 77.7 Å². The third kappa shape index (κ3) is 5.73. The molecule has 3 aromatic carbocycles. The number of benzene rings is 3. The molecule has 3 aromatic rings. The highest BCUT2D eigenvalue weighted by Crippen LogP contribution is 2.34. The monoisotopic (exact) mass is 594 g/mol. The zero-order valence-corrected chi connectivity index (χ0v) is 19.8. The van der Waals surface area contributed by atoms with Crippen molar-refractivity contribution in [3.63, 3.8) is 0 Å². The fraction of sp³-hybridized carbons (Fsp3) is 0.0952. The summed E-state index contributed by atoms with van der Waals surface area (Å²) in [5, 5.41) is 2.17. The SMILES string of the molecule is O=C(CN(c1ccc(I)cc1)S(=O)(=O)c1ccccc1)Nc1cc(C(F)(F)F)ccc1Cl. The number of nitrogens with one attached hydrogen (secondary N) is 1. The molecule has 0 aromatic heterocycles. The van der Waals surface area contributed by atoms with Crippen molar-refractivity contribution in [1.82, 2.24) is 0 Å². The van der Waals surface area contributed by atoms with E-state index < -0.39 is 34.2 Å². The first kappa shape index (κ1) is 24.3. The summed E-state index contributed by atoms with van der Waals surface area (Å²) >= 11 is 7.98. The maximum atomic E-state index is 13.2. The van der Waals surface area contributed by atoms with Crippen LogP contribution >= 0.6 is 34.2 Å². The van der Waals surface area contributed by atoms with Crippen LogP contribution in [0.1, 0.15) is 5.56 Å². The Morgan fingerprint density at radius 2 is 1.62 bits per heavy atom. The molecular weight excluding hydrogens is 580 g/mol. The summed E-state index contributed by atoms with van der Waals surface area (Å²) in [6.45, 7) is -0.676. The number of amides is 1. The second-order valence-electron chi connectivity index (χ2n) is 6.54. The average Bonchev–Trinajstić information content (AvgIpc) is 2.74. The van der Waals surface area contributed by atoms with Crippen LogP contribution in [0, 0.1) is 3.57 Å². The Balaban J connectivity index is 1.94. The molecule has 3 rings (SSSR count). The Bertz CT molecular complexity index is 1220. The fourth-order valence-corrected chi connectivity index (χ4v) is 4.73. The number of carbonyl (C=O) groups is 1. The third-order valence-electron chi connectivity index (χ3n) is 4.30. The van der Waals surface area contributed by atoms with Gasteiger partial charge in [0.05, 0.1) is 26.9 Å². The van der Waals surface area contributed by atoms with Gasteiger partial charge in [0.15, 0.2) is 0 Å². The molecule has 0 saturated heterocycles. The average molecular weight is 595 g/mol. The number of rotatable bonds is 6. The quantitative estimate of drug-likeness (QED) is 0.367. The first-order valence-electron chi connectivity index (χ1n) is 8.98. The van der Waals surface area contributed by atoms with Gasteiger partial charge in [0, 0.05) is 3.57 Å². The van der Waals surface area contributed by atoms with E-state index in [1.807, 2.05) is 0 Å². The molecule has 0 heterocycles. The lowest BCUT2D eigenvalue weighted by molar-refractivity contribution is -0.137. The first-order valence-corrected chi connectivity index (χ1v) is 11.9. The summed E-state index contributed by atoms with van der Waals surface area (Å²) in [6.07, 6.45) is -4.63. The number of halogens is 5. The first-order chi connectivity index (χ1) is 15.0. The Morgan fingerprint density at radius 1 is 1.00 bits per heavy atom. The van der Waals surface area contributed by atoms with Gasteiger partial charge >= 0.3 is 6.18 Å². The van der Waals surface area contributed by atoms with Gasteiger partial charge in [-0.2, -0.15) is 13.2 Å². The summed E-state index contributed by atoms with van der Waals surface area (Å²) in [5.41, 5.74) is -1.05. The summed E-state index contributed by atoms with van der Waals surface area (Å²) < 4.78 is 67.2. The lowest BCUT2D eigenvalue weighted by Crippen LogP contribution is -2.38. The zero-order chi connectivity index (χ0) is 23.5. The highest BCUT2D eigenvalue weighted by Gasteiger charge is 2.32. The normalized spacial score (nSPS) is 11.8. The van der Waals surface area contributed by atoms with Crippen LogP contribution < -0.4 is 9.62 Å². The van der Waals surface area contributed by atoms with Gasteiger partial charge in [-0.1, -0.05) is 29.8 Å². The van der Waals surface area contributed by atoms with E-state index in [0.29, 0.717) is 6.07 Å². The number of hydrogen-bond donors (Lipinski definition) is 1. The van der Waals surface area contributed by atoms with Gasteiger partial charge < -0.3 is 5.32 Å². The number of carbonyl (C=O) groups excluding carboxylic acids is 1. The van der Waals surface area contributed by atoms with Crippen LogP contribution in [-0.4, -0.2) is 20.9 Å². The fourth-order valence-electron chi connectivity index (χ4n) is 2.76. The molecule has 168 valence electrons. The molecule has 0 fully saturated rings. The van der Waals surface area contributed by atoms with Crippen LogP contribution in [0.3, 0.4) is 0 Å². The lowest BCUT2D eigenvalue weighted by atomic mass is 10.2. The predicted molar refractivity (Wildman–Crippen MR) is 125 cm³/mol. The molecule has 5 nitrogen and oxygen atoms in total. The van der Waals surface area contributed by atoms with Crippen molar-refractivity contribution in [1.29, 1.82) is 0 Å². The topological polar surface area (TPSA) is 66.5 Å². The number of sulfonamides is 1. The second-order valence-corrected chi connectivity index (χ2v) is 10.1. The van der Waals surface area contributed by atoms with E-state index in [-0.39, 0.29) is 21.3 Å². The van der Waals surface area contributed by atoms with Gasteiger partial charge in [0.2, 0.25) is 5.91 Å². The minimum absolute atomic E-state index is 0.0385. The van der Waals surface area contributed by atoms with Crippen molar-refractivity contribution in [2.45, 2.75) is 11.1 Å². The van der Waals surface area contributed by atoms with Crippen molar-refractivity contribution >= 4 is 61.5 Å². The Morgan fingerprint density at radius 3 is 2.22 bits per heavy atom. The molecule has 0 aliphatic carbocycles. The minimum Gasteiger partial charge on any atom is -0.323 e. The van der Waals surface area contributed by atoms with Gasteiger partial charge in [-0.15, -0.1) is 0 Å². The van der Waals surface area contributed by atoms with Crippen LogP contribution in [0.4, 0.5) is 24.5 Å². The molecular formula is C21H15ClF3IN2O3S. The highest BCUT2D eigenvalue weighted by atomic mass is 127. The zero-order valence-electron chi connectivity index (χ0n) is 16.1. The summed E-state index contributed by atoms with van der Waals surface area (Å²) in [7, 11) is -4.14. The van der Waals surface area contributed by atoms with Gasteiger partial charge in [-0.05, 0) is 77.2 Å². The molecule has 0 aliphatic heterocycles. The van der Waals surface area contributed by atoms with Crippen molar-refractivity contribution < 1.29 is 26.4 Å². The molecule has 1 amide bonds. The molecule has 11 heteroatoms. The van der Waals surface area contributed by atoms with Crippen molar-refractivity contribution in [2.24, 2.45) is 0 Å². The van der Waals surface area contributed by atoms with Crippen LogP contribution in [0.5, 0.6) is 0 Å². The number of nitrogens with zero attached hydrogens (tertiary/aromatic N) is 1. The van der Waals surface area contributed by atoms with Gasteiger partial charge in [0.25, 0.3) is 10.0 Å². The summed E-state index contributed by atoms with van der Waals surface area (Å²) in [6, 6.07) is 16.4. The smallest absolute Gasteiger partial charge is 0.323 e. The Labute approximate surface area is 201 Å². The highest BCUT2D eigenvalue weighted by molar-refractivity contribution is 14.1. The van der Waals surface area contributed by atoms with Gasteiger partial charge in [0.1, 0.15) is 6.54 Å². The van der Waals surface area contributed by atoms with E-state index in [0.717, 1.165) is 20.0 Å². The lowest BCUT2D eigenvalue weighted by Gasteiger charge is -2.24. The molecule has 0 saturated carbocycles. The van der Waals surface area contributed by atoms with Gasteiger partial charge in [-0.25, -0.2) is 8.42 Å². The predicted octanol–water partition coefficient (Wildman–Crippen LogP) is 5.80. The third-order valence-corrected chi connectivity index (χ3v) is 7.14. The largest absolute Gasteiger partial charge is 0.416 e. The molecule has 0 radical (unpaired) electrons. The van der Waals surface area contributed by atoms with Gasteiger partial charge in [-0.3, -0.25) is 9.10 Å². The van der Waals surface area contributed by atoms with E-state index >= 15 is 0 Å². The van der Waals surface area contributed by atoms with Crippen LogP contribution in [-0.2, 0) is 21.0 Å². The van der Waals surface area contributed by atoms with Crippen LogP contribution in [0.2, 0.25) is 5.02 Å². The van der Waals surface area contributed by atoms with E-state index in [4.69, 9.17) is 11.6 Å². The molecule has 0 bridgehead atoms. The number of alkyl halides is 3. The van der Waals surface area contributed by atoms with Crippen LogP contribution in [0.25, 0.3) is 0 Å². The molecule has 32 heavy (non-hydrogen) atoms. The second kappa shape index (κ2) is 9.67. The Hall–Kier alpha value is -2.31. The maximum Gasteiger partial charge on any atom is 0.416 e. The van der Waals surface area contributed by atoms with E-state index in [2.05, 4.69) is 27.9 Å². The van der Waals surface area contributed by atoms with E-state index in [9.17, 15) is 26.4 Å². The number of anilines is 2. The summed E-state index contributed by atoms with van der Waals surface area (Å²) in [5.74, 6) is -0.857. The van der Waals surface area contributed by atoms with E-state index in [1.165, 1.54) is 24.3 Å². The number of hydrogen-bond acceptors (Lipinski definition) is 3. The molecule has 0 aliphatic rings. The molecule has 0 spiro atoms. The molecule has 0 atom stereocenters. The maximum absolute atomic E-state index is 13.2. The molecule has 1 N–H and O–H groups in total. The molecule has 0 unspecified atom stereocenters. The minimum atomic E-state index is -4.63. The standard InChI is InChI=1S/C21H15ClF3IN2O3S/c22-18-11-6-14(21(23,24)25)12-19(18)27-20(29)13-28(16-9-7-15(26)8-10-16)32(30,31)17-4-2-1-3-5-17/h1-12H,13H2,(H,27,29). The summed E-state index contributed by atoms with van der Waals surface area (Å²) in [4.78, 5) is 12.7. The van der Waals surface area contributed by atoms with Crippen molar-refractivity contribution in [3.8, 4) is 0 Å².